The molecule has 0 spiro atoms. The van der Waals surface area contributed by atoms with Gasteiger partial charge in [-0.25, -0.2) is 4.39 Å². The maximum absolute atomic E-state index is 13.8. The molecular weight excluding hydrogens is 221 g/mol. The van der Waals surface area contributed by atoms with E-state index in [1.165, 1.54) is 6.07 Å². The van der Waals surface area contributed by atoms with E-state index in [1.54, 1.807) is 19.2 Å². The Morgan fingerprint density at radius 2 is 2.24 bits per heavy atom. The molecule has 1 atom stereocenters. The van der Waals surface area contributed by atoms with E-state index in [2.05, 4.69) is 0 Å². The van der Waals surface area contributed by atoms with E-state index >= 15 is 0 Å². The van der Waals surface area contributed by atoms with Gasteiger partial charge in [0, 0.05) is 31.5 Å². The molecule has 0 bridgehead atoms. The predicted octanol–water partition coefficient (Wildman–Crippen LogP) is 2.39. The molecule has 0 aliphatic carbocycles. The van der Waals surface area contributed by atoms with Gasteiger partial charge in [-0.3, -0.25) is 4.79 Å². The normalized spacial score (nSPS) is 20.5. The van der Waals surface area contributed by atoms with Gasteiger partial charge in [0.05, 0.1) is 12.8 Å². The molecule has 2 rings (SSSR count). The fourth-order valence-electron chi connectivity index (χ4n) is 2.20. The lowest BCUT2D eigenvalue weighted by molar-refractivity contribution is -0.120. The Kier molecular flexibility index (Phi) is 3.31. The third-order valence-corrected chi connectivity index (χ3v) is 3.15. The van der Waals surface area contributed by atoms with Crippen LogP contribution in [0.1, 0.15) is 19.8 Å². The van der Waals surface area contributed by atoms with Gasteiger partial charge < -0.3 is 9.64 Å². The number of nitrogens with zero attached hydrogens (tertiary/aromatic N) is 1. The van der Waals surface area contributed by atoms with Crippen LogP contribution in [0.25, 0.3) is 0 Å². The Labute approximate surface area is 100 Å². The Balaban J connectivity index is 2.29. The molecule has 1 aliphatic heterocycles. The fraction of sp³-hybridized carbons (Fsp3) is 0.462. The van der Waals surface area contributed by atoms with E-state index in [9.17, 15) is 9.18 Å². The fourth-order valence-corrected chi connectivity index (χ4v) is 2.20. The molecule has 92 valence electrons. The van der Waals surface area contributed by atoms with Crippen LogP contribution in [0.3, 0.4) is 0 Å². The number of hydrogen-bond donors (Lipinski definition) is 0. The van der Waals surface area contributed by atoms with E-state index in [0.717, 1.165) is 0 Å². The zero-order valence-corrected chi connectivity index (χ0v) is 10.1. The average molecular weight is 237 g/mol. The van der Waals surface area contributed by atoms with Gasteiger partial charge in [-0.1, -0.05) is 0 Å². The summed E-state index contributed by atoms with van der Waals surface area (Å²) < 4.78 is 18.9. The maximum Gasteiger partial charge on any atom is 0.146 e. The molecule has 1 aliphatic rings. The van der Waals surface area contributed by atoms with Gasteiger partial charge >= 0.3 is 0 Å². The van der Waals surface area contributed by atoms with Crippen LogP contribution in [0.15, 0.2) is 18.2 Å². The van der Waals surface area contributed by atoms with Gasteiger partial charge in [0.15, 0.2) is 0 Å². The molecule has 0 radical (unpaired) electrons. The second-order valence-corrected chi connectivity index (χ2v) is 4.35. The topological polar surface area (TPSA) is 29.5 Å². The lowest BCUT2D eigenvalue weighted by Crippen LogP contribution is -2.41. The van der Waals surface area contributed by atoms with E-state index in [1.807, 2.05) is 11.8 Å². The summed E-state index contributed by atoms with van der Waals surface area (Å²) in [6.07, 6.45) is 0.970. The Hall–Kier alpha value is -1.58. The van der Waals surface area contributed by atoms with Crippen LogP contribution in [-0.2, 0) is 4.79 Å². The van der Waals surface area contributed by atoms with Gasteiger partial charge in [0.25, 0.3) is 0 Å². The second kappa shape index (κ2) is 4.73. The highest BCUT2D eigenvalue weighted by Gasteiger charge is 2.25. The van der Waals surface area contributed by atoms with Gasteiger partial charge in [-0.05, 0) is 19.1 Å². The van der Waals surface area contributed by atoms with Crippen molar-refractivity contribution in [2.24, 2.45) is 0 Å². The first-order valence-electron chi connectivity index (χ1n) is 5.73. The van der Waals surface area contributed by atoms with Crippen molar-refractivity contribution in [1.29, 1.82) is 0 Å². The molecule has 1 unspecified atom stereocenters. The van der Waals surface area contributed by atoms with Crippen LogP contribution in [0.2, 0.25) is 0 Å². The SMILES string of the molecule is COc1ccc(F)c(N2CCC(=O)CC2C)c1. The predicted molar refractivity (Wildman–Crippen MR) is 64.0 cm³/mol. The number of Topliss-reactive ketones (excluding diaryl/α,β-unsaturated/α-hetero) is 1. The number of hydrogen-bond acceptors (Lipinski definition) is 3. The molecule has 0 N–H and O–H groups in total. The minimum absolute atomic E-state index is 0.0397. The van der Waals surface area contributed by atoms with Crippen LogP contribution >= 0.6 is 0 Å². The first kappa shape index (κ1) is 11.9. The highest BCUT2D eigenvalue weighted by molar-refractivity contribution is 5.81. The van der Waals surface area contributed by atoms with Crippen molar-refractivity contribution in [3.05, 3.63) is 24.0 Å². The molecule has 1 aromatic rings. The van der Waals surface area contributed by atoms with Gasteiger partial charge in [0.1, 0.15) is 17.3 Å². The van der Waals surface area contributed by atoms with Crippen molar-refractivity contribution >= 4 is 11.5 Å². The highest BCUT2D eigenvalue weighted by atomic mass is 19.1. The summed E-state index contributed by atoms with van der Waals surface area (Å²) in [4.78, 5) is 13.2. The van der Waals surface area contributed by atoms with Crippen LogP contribution in [-0.4, -0.2) is 25.5 Å². The van der Waals surface area contributed by atoms with Crippen molar-refractivity contribution in [3.8, 4) is 5.75 Å². The summed E-state index contributed by atoms with van der Waals surface area (Å²) in [5.41, 5.74) is 0.518. The first-order valence-corrected chi connectivity index (χ1v) is 5.73. The number of ether oxygens (including phenoxy) is 1. The lowest BCUT2D eigenvalue weighted by Gasteiger charge is -2.34. The molecule has 1 saturated heterocycles. The van der Waals surface area contributed by atoms with Crippen LogP contribution < -0.4 is 9.64 Å². The summed E-state index contributed by atoms with van der Waals surface area (Å²) in [5, 5.41) is 0. The quantitative estimate of drug-likeness (QED) is 0.791. The summed E-state index contributed by atoms with van der Waals surface area (Å²) in [6.45, 7) is 2.51. The number of anilines is 1. The highest BCUT2D eigenvalue weighted by Crippen LogP contribution is 2.29. The molecule has 1 fully saturated rings. The molecule has 17 heavy (non-hydrogen) atoms. The molecule has 0 saturated carbocycles. The number of methoxy groups -OCH3 is 1. The standard InChI is InChI=1S/C13H16FNO2/c1-9-7-10(16)5-6-15(9)13-8-11(17-2)3-4-12(13)14/h3-4,8-9H,5-7H2,1-2H3. The van der Waals surface area contributed by atoms with Crippen LogP contribution in [0, 0.1) is 5.82 Å². The molecule has 1 aromatic carbocycles. The van der Waals surface area contributed by atoms with Crippen LogP contribution in [0.4, 0.5) is 10.1 Å². The van der Waals surface area contributed by atoms with E-state index in [0.29, 0.717) is 30.8 Å². The van der Waals surface area contributed by atoms with Gasteiger partial charge in [-0.15, -0.1) is 0 Å². The third-order valence-electron chi connectivity index (χ3n) is 3.15. The largest absolute Gasteiger partial charge is 0.497 e. The van der Waals surface area contributed by atoms with E-state index < -0.39 is 0 Å². The zero-order valence-electron chi connectivity index (χ0n) is 10.1. The Morgan fingerprint density at radius 3 is 2.88 bits per heavy atom. The number of carbonyl (C=O) groups is 1. The van der Waals surface area contributed by atoms with Gasteiger partial charge in [-0.2, -0.15) is 0 Å². The van der Waals surface area contributed by atoms with E-state index in [-0.39, 0.29) is 17.6 Å². The number of rotatable bonds is 2. The summed E-state index contributed by atoms with van der Waals surface area (Å²) in [6, 6.07) is 4.72. The van der Waals surface area contributed by atoms with Gasteiger partial charge in [0.2, 0.25) is 0 Å². The number of carbonyl (C=O) groups excluding carboxylic acids is 1. The van der Waals surface area contributed by atoms with Crippen molar-refractivity contribution in [3.63, 3.8) is 0 Å². The molecule has 3 nitrogen and oxygen atoms in total. The minimum atomic E-state index is -0.271. The summed E-state index contributed by atoms with van der Waals surface area (Å²) in [5.74, 6) is 0.606. The number of piperidine rings is 1. The Bertz CT molecular complexity index is 433. The van der Waals surface area contributed by atoms with E-state index in [4.69, 9.17) is 4.74 Å². The summed E-state index contributed by atoms with van der Waals surface area (Å²) in [7, 11) is 1.56. The minimum Gasteiger partial charge on any atom is -0.497 e. The summed E-state index contributed by atoms with van der Waals surface area (Å²) >= 11 is 0. The number of ketones is 1. The molecular formula is C13H16FNO2. The number of halogens is 1. The molecule has 1 heterocycles. The Morgan fingerprint density at radius 1 is 1.47 bits per heavy atom. The third kappa shape index (κ3) is 2.40. The molecule has 4 heteroatoms. The second-order valence-electron chi connectivity index (χ2n) is 4.35. The monoisotopic (exact) mass is 237 g/mol. The van der Waals surface area contributed by atoms with Crippen molar-refractivity contribution < 1.29 is 13.9 Å². The number of benzene rings is 1. The maximum atomic E-state index is 13.8. The first-order chi connectivity index (χ1) is 8.11. The van der Waals surface area contributed by atoms with Crippen molar-refractivity contribution in [2.75, 3.05) is 18.6 Å². The molecule has 0 aromatic heterocycles. The average Bonchev–Trinajstić information content (AvgIpc) is 2.30. The smallest absolute Gasteiger partial charge is 0.146 e. The van der Waals surface area contributed by atoms with Crippen LogP contribution in [0.5, 0.6) is 5.75 Å². The lowest BCUT2D eigenvalue weighted by atomic mass is 10.0. The molecule has 0 amide bonds. The zero-order chi connectivity index (χ0) is 12.4. The van der Waals surface area contributed by atoms with Crippen molar-refractivity contribution in [1.82, 2.24) is 0 Å². The van der Waals surface area contributed by atoms with Crippen molar-refractivity contribution in [2.45, 2.75) is 25.8 Å².